The minimum Gasteiger partial charge on any atom is -0.465 e. The molecule has 19 heavy (non-hydrogen) atoms. The molecule has 0 heterocycles. The van der Waals surface area contributed by atoms with Crippen LogP contribution in [-0.2, 0) is 9.53 Å². The average Bonchev–Trinajstić information content (AvgIpc) is 2.77. The van der Waals surface area contributed by atoms with Gasteiger partial charge in [-0.25, -0.2) is 4.79 Å². The van der Waals surface area contributed by atoms with E-state index in [9.17, 15) is 4.79 Å². The molecule has 0 unspecified atom stereocenters. The van der Waals surface area contributed by atoms with Crippen molar-refractivity contribution < 1.29 is 9.53 Å². The predicted octanol–water partition coefficient (Wildman–Crippen LogP) is 3.12. The van der Waals surface area contributed by atoms with Crippen LogP contribution < -0.4 is 5.32 Å². The summed E-state index contributed by atoms with van der Waals surface area (Å²) in [6.07, 6.45) is 5.70. The lowest BCUT2D eigenvalue weighted by atomic mass is 10.0. The van der Waals surface area contributed by atoms with E-state index in [1.807, 2.05) is 13.0 Å². The fourth-order valence-electron chi connectivity index (χ4n) is 2.39. The van der Waals surface area contributed by atoms with Crippen LogP contribution in [0.1, 0.15) is 26.7 Å². The molecule has 3 nitrogen and oxygen atoms in total. The Hall–Kier alpha value is -1.77. The van der Waals surface area contributed by atoms with Crippen molar-refractivity contribution in [2.24, 2.45) is 5.92 Å². The maximum Gasteiger partial charge on any atom is 0.339 e. The molecule has 1 N–H and O–H groups in total. The van der Waals surface area contributed by atoms with Gasteiger partial charge in [-0.3, -0.25) is 0 Å². The number of carbonyl (C=O) groups is 1. The van der Waals surface area contributed by atoms with Crippen LogP contribution in [-0.4, -0.2) is 19.6 Å². The van der Waals surface area contributed by atoms with Crippen molar-refractivity contribution in [3.05, 3.63) is 47.7 Å². The first-order chi connectivity index (χ1) is 9.04. The van der Waals surface area contributed by atoms with Gasteiger partial charge in [-0.1, -0.05) is 30.9 Å². The van der Waals surface area contributed by atoms with Crippen molar-refractivity contribution in [3.63, 3.8) is 0 Å². The van der Waals surface area contributed by atoms with Gasteiger partial charge in [0.15, 0.2) is 0 Å². The number of allylic oxidation sites excluding steroid dienone is 3. The molecule has 0 aromatic carbocycles. The molecule has 0 fully saturated rings. The molecule has 0 saturated heterocycles. The van der Waals surface area contributed by atoms with Crippen LogP contribution in [0.25, 0.3) is 0 Å². The van der Waals surface area contributed by atoms with Gasteiger partial charge in [0.05, 0.1) is 12.7 Å². The average molecular weight is 261 g/mol. The first-order valence-corrected chi connectivity index (χ1v) is 6.52. The Morgan fingerprint density at radius 2 is 2.21 bits per heavy atom. The maximum atomic E-state index is 11.5. The second-order valence-corrected chi connectivity index (χ2v) is 4.76. The van der Waals surface area contributed by atoms with Gasteiger partial charge in [0.25, 0.3) is 0 Å². The van der Waals surface area contributed by atoms with Crippen LogP contribution in [0.2, 0.25) is 0 Å². The van der Waals surface area contributed by atoms with Gasteiger partial charge in [0.1, 0.15) is 0 Å². The van der Waals surface area contributed by atoms with Crippen molar-refractivity contribution in [2.75, 3.05) is 13.7 Å². The molecule has 0 aromatic heterocycles. The Balaban J connectivity index is 2.69. The summed E-state index contributed by atoms with van der Waals surface area (Å²) in [7, 11) is 1.37. The van der Waals surface area contributed by atoms with Crippen molar-refractivity contribution in [1.29, 1.82) is 0 Å². The van der Waals surface area contributed by atoms with Crippen molar-refractivity contribution in [1.82, 2.24) is 5.32 Å². The zero-order valence-corrected chi connectivity index (χ0v) is 12.1. The molecular weight excluding hydrogens is 238 g/mol. The van der Waals surface area contributed by atoms with Crippen LogP contribution in [0.4, 0.5) is 0 Å². The zero-order valence-electron chi connectivity index (χ0n) is 12.1. The molecule has 1 rings (SSSR count). The topological polar surface area (TPSA) is 38.3 Å². The van der Waals surface area contributed by atoms with Crippen molar-refractivity contribution in [2.45, 2.75) is 26.7 Å². The zero-order chi connectivity index (χ0) is 14.4. The van der Waals surface area contributed by atoms with E-state index in [0.717, 1.165) is 25.1 Å². The maximum absolute atomic E-state index is 11.5. The summed E-state index contributed by atoms with van der Waals surface area (Å²) in [5, 5.41) is 3.30. The lowest BCUT2D eigenvalue weighted by Gasteiger charge is -2.16. The smallest absolute Gasteiger partial charge is 0.339 e. The highest BCUT2D eigenvalue weighted by molar-refractivity contribution is 5.92. The second-order valence-electron chi connectivity index (χ2n) is 4.76. The third-order valence-corrected chi connectivity index (χ3v) is 3.75. The van der Waals surface area contributed by atoms with E-state index in [1.54, 1.807) is 0 Å². The Labute approximate surface area is 115 Å². The molecule has 0 bridgehead atoms. The molecule has 0 spiro atoms. The van der Waals surface area contributed by atoms with E-state index >= 15 is 0 Å². The van der Waals surface area contributed by atoms with E-state index in [4.69, 9.17) is 4.74 Å². The van der Waals surface area contributed by atoms with Gasteiger partial charge >= 0.3 is 5.97 Å². The standard InChI is InChI=1S/C16H23NO2/c1-6-13-8-9-14(11(13)3)10-17-12(4)15(7-2)16(18)19-5/h6-7,14,17H,1-2,8-10H2,3-5H3/b15-12-/t14-/m0/s1. The van der Waals surface area contributed by atoms with Crippen molar-refractivity contribution in [3.8, 4) is 0 Å². The number of carbonyl (C=O) groups excluding carboxylic acids is 1. The number of hydrogen-bond acceptors (Lipinski definition) is 3. The highest BCUT2D eigenvalue weighted by Crippen LogP contribution is 2.31. The van der Waals surface area contributed by atoms with E-state index in [1.165, 1.54) is 24.3 Å². The number of hydrogen-bond donors (Lipinski definition) is 1. The highest BCUT2D eigenvalue weighted by Gasteiger charge is 2.20. The molecule has 1 aliphatic carbocycles. The molecule has 1 atom stereocenters. The number of esters is 1. The van der Waals surface area contributed by atoms with Crippen molar-refractivity contribution >= 4 is 5.97 Å². The second kappa shape index (κ2) is 6.98. The Morgan fingerprint density at radius 3 is 2.68 bits per heavy atom. The lowest BCUT2D eigenvalue weighted by molar-refractivity contribution is -0.135. The largest absolute Gasteiger partial charge is 0.465 e. The first kappa shape index (κ1) is 15.3. The van der Waals surface area contributed by atoms with Crippen LogP contribution >= 0.6 is 0 Å². The summed E-state index contributed by atoms with van der Waals surface area (Å²) in [6.45, 7) is 12.3. The molecular formula is C16H23NO2. The van der Waals surface area contributed by atoms with E-state index < -0.39 is 0 Å². The van der Waals surface area contributed by atoms with Gasteiger partial charge in [-0.05, 0) is 38.2 Å². The van der Waals surface area contributed by atoms with Gasteiger partial charge in [0.2, 0.25) is 0 Å². The highest BCUT2D eigenvalue weighted by atomic mass is 16.5. The van der Waals surface area contributed by atoms with Gasteiger partial charge in [-0.15, -0.1) is 0 Å². The lowest BCUT2D eigenvalue weighted by Crippen LogP contribution is -2.23. The molecule has 3 heteroatoms. The molecule has 1 aliphatic rings. The molecule has 0 radical (unpaired) electrons. The Morgan fingerprint density at radius 1 is 1.53 bits per heavy atom. The summed E-state index contributed by atoms with van der Waals surface area (Å²) < 4.78 is 4.72. The van der Waals surface area contributed by atoms with Crippen LogP contribution in [0, 0.1) is 5.92 Å². The van der Waals surface area contributed by atoms with Crippen LogP contribution in [0.15, 0.2) is 47.7 Å². The van der Waals surface area contributed by atoms with E-state index in [2.05, 4.69) is 25.4 Å². The summed E-state index contributed by atoms with van der Waals surface area (Å²) in [6, 6.07) is 0. The molecule has 0 aromatic rings. The number of rotatable bonds is 6. The van der Waals surface area contributed by atoms with Crippen LogP contribution in [0.5, 0.6) is 0 Å². The first-order valence-electron chi connectivity index (χ1n) is 6.52. The number of methoxy groups -OCH3 is 1. The summed E-state index contributed by atoms with van der Waals surface area (Å²) >= 11 is 0. The molecule has 0 saturated carbocycles. The third kappa shape index (κ3) is 3.60. The number of ether oxygens (including phenoxy) is 1. The third-order valence-electron chi connectivity index (χ3n) is 3.75. The molecule has 0 amide bonds. The summed E-state index contributed by atoms with van der Waals surface area (Å²) in [5.41, 5.74) is 4.05. The summed E-state index contributed by atoms with van der Waals surface area (Å²) in [5.74, 6) is 0.150. The molecule has 104 valence electrons. The number of nitrogens with one attached hydrogen (secondary N) is 1. The monoisotopic (exact) mass is 261 g/mol. The fraction of sp³-hybridized carbons (Fsp3) is 0.438. The Kier molecular flexibility index (Phi) is 5.61. The minimum absolute atomic E-state index is 0.356. The fourth-order valence-corrected chi connectivity index (χ4v) is 2.39. The predicted molar refractivity (Wildman–Crippen MR) is 78.5 cm³/mol. The quantitative estimate of drug-likeness (QED) is 0.453. The van der Waals surface area contributed by atoms with Gasteiger partial charge < -0.3 is 10.1 Å². The van der Waals surface area contributed by atoms with Gasteiger partial charge in [0, 0.05) is 12.2 Å². The SMILES string of the molecule is C=CC1=C(C)[C@H](CN/C(C)=C(/C=C)C(=O)OC)CC1. The van der Waals surface area contributed by atoms with Crippen LogP contribution in [0.3, 0.4) is 0 Å². The van der Waals surface area contributed by atoms with E-state index in [-0.39, 0.29) is 5.97 Å². The minimum atomic E-state index is -0.356. The normalized spacial score (nSPS) is 19.8. The van der Waals surface area contributed by atoms with Gasteiger partial charge in [-0.2, -0.15) is 0 Å². The van der Waals surface area contributed by atoms with E-state index in [0.29, 0.717) is 11.5 Å². The Bertz CT molecular complexity index is 444. The molecule has 0 aliphatic heterocycles. The summed E-state index contributed by atoms with van der Waals surface area (Å²) in [4.78, 5) is 11.5.